The summed E-state index contributed by atoms with van der Waals surface area (Å²) in [7, 11) is -3.02. The molecule has 1 unspecified atom stereocenters. The number of halogens is 1. The Labute approximate surface area is 148 Å². The fourth-order valence-corrected chi connectivity index (χ4v) is 2.07. The number of hydrogen-bond donors (Lipinski definition) is 3. The van der Waals surface area contributed by atoms with Crippen LogP contribution in [0.3, 0.4) is 0 Å². The molecule has 1 aromatic heterocycles. The Morgan fingerprint density at radius 3 is 2.64 bits per heavy atom. The number of sulfone groups is 1. The van der Waals surface area contributed by atoms with Crippen molar-refractivity contribution in [2.75, 3.05) is 31.6 Å². The van der Waals surface area contributed by atoms with Crippen LogP contribution in [0.4, 0.5) is 0 Å². The van der Waals surface area contributed by atoms with Crippen LogP contribution in [0.1, 0.15) is 19.6 Å². The first kappa shape index (κ1) is 21.2. The van der Waals surface area contributed by atoms with E-state index in [0.29, 0.717) is 18.3 Å². The van der Waals surface area contributed by atoms with E-state index < -0.39 is 15.4 Å². The smallest absolute Gasteiger partial charge is 0.191 e. The van der Waals surface area contributed by atoms with Gasteiger partial charge in [-0.05, 0) is 26.0 Å². The van der Waals surface area contributed by atoms with Gasteiger partial charge in [0.2, 0.25) is 0 Å². The molecule has 7 nitrogen and oxygen atoms in total. The summed E-state index contributed by atoms with van der Waals surface area (Å²) in [4.78, 5) is 4.25. The lowest BCUT2D eigenvalue weighted by Crippen LogP contribution is -2.40. The molecule has 9 heteroatoms. The van der Waals surface area contributed by atoms with Crippen LogP contribution in [0.5, 0.6) is 0 Å². The Morgan fingerprint density at radius 1 is 1.45 bits per heavy atom. The fourth-order valence-electron chi connectivity index (χ4n) is 1.59. The standard InChI is InChI=1S/C13H23N3O4S.HI/c1-4-14-12(15-7-9-21(3,18)19)16-10-13(2,17)11-6-5-8-20-11;/h5-6,8,17H,4,7,9-10H2,1-3H3,(H2,14,15,16);1H. The molecule has 128 valence electrons. The summed E-state index contributed by atoms with van der Waals surface area (Å²) in [5.41, 5.74) is -1.22. The van der Waals surface area contributed by atoms with E-state index in [4.69, 9.17) is 4.42 Å². The van der Waals surface area contributed by atoms with Crippen molar-refractivity contribution in [2.24, 2.45) is 4.99 Å². The molecule has 1 rings (SSSR count). The summed E-state index contributed by atoms with van der Waals surface area (Å²) >= 11 is 0. The van der Waals surface area contributed by atoms with E-state index in [0.717, 1.165) is 0 Å². The topological polar surface area (TPSA) is 104 Å². The van der Waals surface area contributed by atoms with Crippen molar-refractivity contribution in [3.8, 4) is 0 Å². The molecule has 22 heavy (non-hydrogen) atoms. The van der Waals surface area contributed by atoms with E-state index in [2.05, 4.69) is 15.6 Å². The first-order valence-electron chi connectivity index (χ1n) is 6.71. The van der Waals surface area contributed by atoms with Gasteiger partial charge in [-0.15, -0.1) is 24.0 Å². The number of guanidine groups is 1. The van der Waals surface area contributed by atoms with Crippen LogP contribution in [0.2, 0.25) is 0 Å². The third-order valence-corrected chi connectivity index (χ3v) is 3.65. The van der Waals surface area contributed by atoms with Gasteiger partial charge < -0.3 is 20.2 Å². The Balaban J connectivity index is 0.00000441. The molecule has 1 heterocycles. The highest BCUT2D eigenvalue weighted by molar-refractivity contribution is 14.0. The molecule has 1 aromatic rings. The fraction of sp³-hybridized carbons (Fsp3) is 0.615. The highest BCUT2D eigenvalue weighted by atomic mass is 127. The number of hydrogen-bond acceptors (Lipinski definition) is 5. The summed E-state index contributed by atoms with van der Waals surface area (Å²) in [5, 5.41) is 16.2. The molecule has 0 aliphatic carbocycles. The minimum absolute atomic E-state index is 0. The average molecular weight is 445 g/mol. The summed E-state index contributed by atoms with van der Waals surface area (Å²) in [5.74, 6) is 0.901. The second kappa shape index (κ2) is 9.36. The molecule has 0 radical (unpaired) electrons. The summed E-state index contributed by atoms with van der Waals surface area (Å²) in [6.45, 7) is 4.49. The van der Waals surface area contributed by atoms with Crippen LogP contribution < -0.4 is 10.6 Å². The summed E-state index contributed by atoms with van der Waals surface area (Å²) < 4.78 is 27.4. The quantitative estimate of drug-likeness (QED) is 0.325. The zero-order valence-corrected chi connectivity index (χ0v) is 16.1. The van der Waals surface area contributed by atoms with Crippen LogP contribution in [0, 0.1) is 0 Å². The molecular formula is C13H24IN3O4S. The second-order valence-corrected chi connectivity index (χ2v) is 7.26. The van der Waals surface area contributed by atoms with E-state index >= 15 is 0 Å². The minimum Gasteiger partial charge on any atom is -0.466 e. The largest absolute Gasteiger partial charge is 0.466 e. The van der Waals surface area contributed by atoms with E-state index in [-0.39, 0.29) is 42.8 Å². The molecule has 0 aliphatic rings. The van der Waals surface area contributed by atoms with E-state index in [1.807, 2.05) is 6.92 Å². The predicted octanol–water partition coefficient (Wildman–Crippen LogP) is 0.705. The third-order valence-electron chi connectivity index (χ3n) is 2.71. The van der Waals surface area contributed by atoms with Crippen LogP contribution >= 0.6 is 24.0 Å². The van der Waals surface area contributed by atoms with E-state index in [9.17, 15) is 13.5 Å². The minimum atomic E-state index is -3.02. The van der Waals surface area contributed by atoms with E-state index in [1.165, 1.54) is 12.5 Å². The maximum atomic E-state index is 11.1. The van der Waals surface area contributed by atoms with Gasteiger partial charge in [-0.3, -0.25) is 0 Å². The molecule has 0 fully saturated rings. The highest BCUT2D eigenvalue weighted by Gasteiger charge is 2.26. The molecule has 0 spiro atoms. The first-order chi connectivity index (χ1) is 9.74. The zero-order chi connectivity index (χ0) is 15.9. The van der Waals surface area contributed by atoms with Crippen molar-refractivity contribution in [1.29, 1.82) is 0 Å². The van der Waals surface area contributed by atoms with Gasteiger partial charge in [0, 0.05) is 19.3 Å². The highest BCUT2D eigenvalue weighted by Crippen LogP contribution is 2.20. The molecule has 0 aromatic carbocycles. The molecule has 0 saturated carbocycles. The van der Waals surface area contributed by atoms with Gasteiger partial charge in [0.05, 0.1) is 18.6 Å². The molecule has 3 N–H and O–H groups in total. The lowest BCUT2D eigenvalue weighted by Gasteiger charge is -2.19. The van der Waals surface area contributed by atoms with Crippen molar-refractivity contribution in [1.82, 2.24) is 10.6 Å². The van der Waals surface area contributed by atoms with Crippen molar-refractivity contribution in [3.05, 3.63) is 24.2 Å². The van der Waals surface area contributed by atoms with Gasteiger partial charge in [-0.25, -0.2) is 13.4 Å². The lowest BCUT2D eigenvalue weighted by atomic mass is 10.0. The van der Waals surface area contributed by atoms with Gasteiger partial charge in [0.25, 0.3) is 0 Å². The van der Waals surface area contributed by atoms with E-state index in [1.54, 1.807) is 19.1 Å². The number of furan rings is 1. The Morgan fingerprint density at radius 2 is 2.14 bits per heavy atom. The van der Waals surface area contributed by atoms with Gasteiger partial charge in [-0.1, -0.05) is 0 Å². The van der Waals surface area contributed by atoms with Crippen LogP contribution in [0.15, 0.2) is 27.8 Å². The number of aliphatic hydroxyl groups is 1. The normalized spacial score (nSPS) is 14.8. The van der Waals surface area contributed by atoms with Crippen molar-refractivity contribution in [2.45, 2.75) is 19.4 Å². The maximum absolute atomic E-state index is 11.1. The first-order valence-corrected chi connectivity index (χ1v) is 8.77. The Hall–Kier alpha value is -0.810. The average Bonchev–Trinajstić information content (AvgIpc) is 2.89. The van der Waals surface area contributed by atoms with Gasteiger partial charge >= 0.3 is 0 Å². The van der Waals surface area contributed by atoms with Crippen LogP contribution in [0.25, 0.3) is 0 Å². The van der Waals surface area contributed by atoms with Gasteiger partial charge in [-0.2, -0.15) is 0 Å². The molecule has 0 saturated heterocycles. The molecule has 0 aliphatic heterocycles. The monoisotopic (exact) mass is 445 g/mol. The van der Waals surface area contributed by atoms with Gasteiger partial charge in [0.15, 0.2) is 5.96 Å². The molecule has 0 amide bonds. The Bertz CT molecular complexity index is 556. The van der Waals surface area contributed by atoms with Crippen molar-refractivity contribution in [3.63, 3.8) is 0 Å². The number of nitrogens with zero attached hydrogens (tertiary/aromatic N) is 1. The van der Waals surface area contributed by atoms with Crippen LogP contribution in [-0.2, 0) is 15.4 Å². The van der Waals surface area contributed by atoms with Crippen molar-refractivity contribution < 1.29 is 17.9 Å². The zero-order valence-electron chi connectivity index (χ0n) is 13.0. The summed E-state index contributed by atoms with van der Waals surface area (Å²) in [6.07, 6.45) is 2.67. The SMILES string of the molecule is CCNC(=NCC(C)(O)c1ccco1)NCCS(C)(=O)=O.I. The number of nitrogens with one attached hydrogen (secondary N) is 2. The maximum Gasteiger partial charge on any atom is 0.191 e. The lowest BCUT2D eigenvalue weighted by molar-refractivity contribution is 0.0437. The van der Waals surface area contributed by atoms with Gasteiger partial charge in [0.1, 0.15) is 21.2 Å². The Kier molecular flexibility index (Phi) is 9.01. The molecule has 1 atom stereocenters. The molecule has 0 bridgehead atoms. The molecular weight excluding hydrogens is 421 g/mol. The van der Waals surface area contributed by atoms with Crippen molar-refractivity contribution >= 4 is 39.8 Å². The summed E-state index contributed by atoms with van der Waals surface area (Å²) in [6, 6.07) is 3.38. The second-order valence-electron chi connectivity index (χ2n) is 5.00. The number of aliphatic imine (C=N–C) groups is 1. The van der Waals surface area contributed by atoms with Crippen LogP contribution in [-0.4, -0.2) is 51.1 Å². The predicted molar refractivity (Wildman–Crippen MR) is 97.4 cm³/mol. The number of rotatable bonds is 7. The third kappa shape index (κ3) is 7.99.